The van der Waals surface area contributed by atoms with Crippen molar-refractivity contribution in [3.05, 3.63) is 29.8 Å². The van der Waals surface area contributed by atoms with Gasteiger partial charge in [0.25, 0.3) is 0 Å². The van der Waals surface area contributed by atoms with E-state index in [1.165, 1.54) is 20.8 Å². The van der Waals surface area contributed by atoms with Crippen LogP contribution in [0.3, 0.4) is 0 Å². The van der Waals surface area contributed by atoms with Gasteiger partial charge in [0, 0.05) is 25.6 Å². The maximum atomic E-state index is 13.0. The molecule has 4 N–H and O–H groups in total. The third kappa shape index (κ3) is 16.5. The molecule has 9 heteroatoms. The first-order valence-corrected chi connectivity index (χ1v) is 13.6. The fourth-order valence-electron chi connectivity index (χ4n) is 3.47. The number of unbranched alkanes of at least 4 members (excludes halogenated alkanes) is 3. The van der Waals surface area contributed by atoms with Gasteiger partial charge in [-0.1, -0.05) is 65.5 Å². The van der Waals surface area contributed by atoms with Gasteiger partial charge in [-0.15, -0.1) is 0 Å². The van der Waals surface area contributed by atoms with Gasteiger partial charge in [-0.3, -0.25) is 19.2 Å². The first-order chi connectivity index (χ1) is 17.9. The number of hydrogen-bond donors (Lipinski definition) is 4. The van der Waals surface area contributed by atoms with E-state index in [1.807, 2.05) is 32.9 Å². The molecule has 38 heavy (non-hydrogen) atoms. The summed E-state index contributed by atoms with van der Waals surface area (Å²) < 4.78 is 0. The average Bonchev–Trinajstić information content (AvgIpc) is 2.83. The van der Waals surface area contributed by atoms with Crippen LogP contribution in [0.4, 0.5) is 5.69 Å². The number of carbonyl (C=O) groups is 5. The minimum absolute atomic E-state index is 0.108. The normalized spacial score (nSPS) is 11.9. The Hall–Kier alpha value is -3.23. The Balaban J connectivity index is 0.00000318. The third-order valence-electron chi connectivity index (χ3n) is 5.50. The highest BCUT2D eigenvalue weighted by Gasteiger charge is 2.28. The third-order valence-corrected chi connectivity index (χ3v) is 5.50. The van der Waals surface area contributed by atoms with Gasteiger partial charge in [-0.05, 0) is 50.3 Å². The zero-order valence-electron chi connectivity index (χ0n) is 24.2. The number of Topliss-reactive ketones (excluding diaryl/α,β-unsaturated/α-hetero) is 1. The van der Waals surface area contributed by atoms with Gasteiger partial charge >= 0.3 is 0 Å². The summed E-state index contributed by atoms with van der Waals surface area (Å²) in [5.74, 6) is -0.848. The molecule has 9 nitrogen and oxygen atoms in total. The smallest absolute Gasteiger partial charge is 0.246 e. The first-order valence-electron chi connectivity index (χ1n) is 13.6. The molecule has 0 spiro atoms. The van der Waals surface area contributed by atoms with Crippen molar-refractivity contribution >= 4 is 35.1 Å². The Kier molecular flexibility index (Phi) is 18.1. The van der Waals surface area contributed by atoms with Crippen LogP contribution in [0.5, 0.6) is 0 Å². The van der Waals surface area contributed by atoms with Gasteiger partial charge in [0.05, 0.1) is 0 Å². The van der Waals surface area contributed by atoms with Crippen LogP contribution >= 0.6 is 0 Å². The Morgan fingerprint density at radius 3 is 1.89 bits per heavy atom. The Morgan fingerprint density at radius 2 is 1.39 bits per heavy atom. The summed E-state index contributed by atoms with van der Waals surface area (Å²) in [5.41, 5.74) is 1.52. The minimum Gasteiger partial charge on any atom is -0.352 e. The number of amides is 4. The fraction of sp³-hybridized carbons (Fsp3) is 0.621. The number of benzene rings is 1. The van der Waals surface area contributed by atoms with Gasteiger partial charge < -0.3 is 26.1 Å². The van der Waals surface area contributed by atoms with E-state index in [1.54, 1.807) is 12.1 Å². The molecule has 1 rings (SSSR count). The molecule has 0 bridgehead atoms. The van der Waals surface area contributed by atoms with E-state index in [0.29, 0.717) is 31.5 Å². The summed E-state index contributed by atoms with van der Waals surface area (Å²) in [6, 6.07) is 5.76. The van der Waals surface area contributed by atoms with Crippen LogP contribution in [-0.4, -0.2) is 41.5 Å². The van der Waals surface area contributed by atoms with Crippen LogP contribution in [0.1, 0.15) is 99.0 Å². The molecule has 2 atom stereocenters. The van der Waals surface area contributed by atoms with Gasteiger partial charge in [0.15, 0.2) is 0 Å². The predicted octanol–water partition coefficient (Wildman–Crippen LogP) is 4.25. The van der Waals surface area contributed by atoms with E-state index >= 15 is 0 Å². The second-order valence-electron chi connectivity index (χ2n) is 9.95. The summed E-state index contributed by atoms with van der Waals surface area (Å²) in [4.78, 5) is 58.7. The number of ketones is 1. The van der Waals surface area contributed by atoms with E-state index in [-0.39, 0.29) is 35.3 Å². The Morgan fingerprint density at radius 1 is 0.789 bits per heavy atom. The monoisotopic (exact) mass is 532 g/mol. The molecule has 1 aromatic rings. The van der Waals surface area contributed by atoms with Crippen LogP contribution in [0.2, 0.25) is 0 Å². The zero-order valence-corrected chi connectivity index (χ0v) is 24.2. The second-order valence-corrected chi connectivity index (χ2v) is 9.95. The highest BCUT2D eigenvalue weighted by Crippen LogP contribution is 2.12. The average molecular weight is 533 g/mol. The summed E-state index contributed by atoms with van der Waals surface area (Å²) >= 11 is 0. The molecule has 0 saturated carbocycles. The van der Waals surface area contributed by atoms with Crippen molar-refractivity contribution in [2.24, 2.45) is 5.92 Å². The SMILES string of the molecule is CC(C)=O.CCCCCCC(=O)NC(C(=O)NC(CCC)C(=O)Nc1ccc(CNC(C)=O)cc1)C(C)C. The van der Waals surface area contributed by atoms with Crippen molar-refractivity contribution in [3.63, 3.8) is 0 Å². The number of rotatable bonds is 15. The molecule has 0 fully saturated rings. The lowest BCUT2D eigenvalue weighted by Crippen LogP contribution is -2.54. The standard InChI is InChI=1S/C26H42N4O4.C3H6O/c1-6-8-9-10-12-23(32)30-24(18(3)4)26(34)29-22(11-7-2)25(33)28-21-15-13-20(14-16-21)17-27-19(5)31;1-3(2)4/h13-16,18,22,24H,6-12,17H2,1-5H3,(H,27,31)(H,28,33)(H,29,34)(H,30,32);1-2H3. The molecule has 1 aromatic carbocycles. The van der Waals surface area contributed by atoms with E-state index in [2.05, 4.69) is 28.2 Å². The van der Waals surface area contributed by atoms with E-state index in [4.69, 9.17) is 0 Å². The minimum atomic E-state index is -0.709. The highest BCUT2D eigenvalue weighted by atomic mass is 16.2. The van der Waals surface area contributed by atoms with Crippen LogP contribution in [0.25, 0.3) is 0 Å². The van der Waals surface area contributed by atoms with Gasteiger partial charge in [-0.25, -0.2) is 0 Å². The molecule has 0 heterocycles. The van der Waals surface area contributed by atoms with Crippen molar-refractivity contribution in [2.45, 2.75) is 112 Å². The van der Waals surface area contributed by atoms with Gasteiger partial charge in [-0.2, -0.15) is 0 Å². The number of anilines is 1. The number of nitrogens with one attached hydrogen (secondary N) is 4. The second kappa shape index (κ2) is 19.8. The molecule has 0 radical (unpaired) electrons. The van der Waals surface area contributed by atoms with Crippen molar-refractivity contribution in [1.29, 1.82) is 0 Å². The van der Waals surface area contributed by atoms with Crippen molar-refractivity contribution in [1.82, 2.24) is 16.0 Å². The summed E-state index contributed by atoms with van der Waals surface area (Å²) in [6.07, 6.45) is 5.57. The first kappa shape index (κ1) is 34.8. The Bertz CT molecular complexity index is 879. The molecule has 0 aliphatic carbocycles. The van der Waals surface area contributed by atoms with E-state index in [9.17, 15) is 24.0 Å². The maximum absolute atomic E-state index is 13.0. The number of carbonyl (C=O) groups excluding carboxylic acids is 5. The zero-order chi connectivity index (χ0) is 29.1. The van der Waals surface area contributed by atoms with Gasteiger partial charge in [0.1, 0.15) is 17.9 Å². The van der Waals surface area contributed by atoms with Crippen LogP contribution < -0.4 is 21.3 Å². The number of hydrogen-bond acceptors (Lipinski definition) is 5. The van der Waals surface area contributed by atoms with Crippen LogP contribution in [-0.2, 0) is 30.5 Å². The van der Waals surface area contributed by atoms with Crippen molar-refractivity contribution in [2.75, 3.05) is 5.32 Å². The van der Waals surface area contributed by atoms with E-state index < -0.39 is 12.1 Å². The summed E-state index contributed by atoms with van der Waals surface area (Å²) in [7, 11) is 0. The molecular weight excluding hydrogens is 484 g/mol. The quantitative estimate of drug-likeness (QED) is 0.251. The molecule has 214 valence electrons. The molecule has 0 aliphatic heterocycles. The lowest BCUT2D eigenvalue weighted by Gasteiger charge is -2.25. The van der Waals surface area contributed by atoms with Crippen LogP contribution in [0.15, 0.2) is 24.3 Å². The highest BCUT2D eigenvalue weighted by molar-refractivity contribution is 5.98. The largest absolute Gasteiger partial charge is 0.352 e. The molecule has 0 saturated heterocycles. The van der Waals surface area contributed by atoms with E-state index in [0.717, 1.165) is 31.2 Å². The molecule has 0 aromatic heterocycles. The topological polar surface area (TPSA) is 133 Å². The fourth-order valence-corrected chi connectivity index (χ4v) is 3.47. The molecular formula is C29H48N4O5. The molecule has 0 aliphatic rings. The predicted molar refractivity (Wildman–Crippen MR) is 151 cm³/mol. The Labute approximate surface area is 228 Å². The summed E-state index contributed by atoms with van der Waals surface area (Å²) in [6.45, 7) is 12.7. The summed E-state index contributed by atoms with van der Waals surface area (Å²) in [5, 5.41) is 11.2. The van der Waals surface area contributed by atoms with Crippen molar-refractivity contribution in [3.8, 4) is 0 Å². The maximum Gasteiger partial charge on any atom is 0.246 e. The molecule has 4 amide bonds. The van der Waals surface area contributed by atoms with Crippen molar-refractivity contribution < 1.29 is 24.0 Å². The van der Waals surface area contributed by atoms with Gasteiger partial charge in [0.2, 0.25) is 23.6 Å². The molecule has 2 unspecified atom stereocenters. The lowest BCUT2D eigenvalue weighted by molar-refractivity contribution is -0.132. The lowest BCUT2D eigenvalue weighted by atomic mass is 10.0. The van der Waals surface area contributed by atoms with Crippen LogP contribution in [0, 0.1) is 5.92 Å².